The first kappa shape index (κ1) is 11.3. The van der Waals surface area contributed by atoms with Gasteiger partial charge in [-0.2, -0.15) is 0 Å². The Morgan fingerprint density at radius 2 is 2.35 bits per heavy atom. The third-order valence-corrected chi connectivity index (χ3v) is 2.50. The molecule has 0 bridgehead atoms. The SMILES string of the molecule is CN(CCN)c1nc2c([N+](=O)[O-])cccc2[nH]1. The van der Waals surface area contributed by atoms with Gasteiger partial charge in [-0.25, -0.2) is 4.98 Å². The molecule has 0 saturated carbocycles. The van der Waals surface area contributed by atoms with E-state index in [0.29, 0.717) is 30.1 Å². The maximum Gasteiger partial charge on any atom is 0.297 e. The minimum absolute atomic E-state index is 0.00569. The molecule has 0 aliphatic rings. The van der Waals surface area contributed by atoms with Crippen LogP contribution in [0.4, 0.5) is 11.6 Å². The lowest BCUT2D eigenvalue weighted by Gasteiger charge is -2.13. The number of nitrogens with two attached hydrogens (primary N) is 1. The number of nitro benzene ring substituents is 1. The number of non-ortho nitro benzene ring substituents is 1. The maximum atomic E-state index is 10.8. The number of hydrogen-bond acceptors (Lipinski definition) is 5. The lowest BCUT2D eigenvalue weighted by Crippen LogP contribution is -2.25. The molecule has 0 atom stereocenters. The van der Waals surface area contributed by atoms with Crippen LogP contribution in [-0.4, -0.2) is 35.0 Å². The largest absolute Gasteiger partial charge is 0.344 e. The Morgan fingerprint density at radius 1 is 1.59 bits per heavy atom. The average Bonchev–Trinajstić information content (AvgIpc) is 2.72. The van der Waals surface area contributed by atoms with Gasteiger partial charge in [0.15, 0.2) is 5.52 Å². The monoisotopic (exact) mass is 235 g/mol. The van der Waals surface area contributed by atoms with Crippen molar-refractivity contribution in [2.24, 2.45) is 5.73 Å². The fourth-order valence-corrected chi connectivity index (χ4v) is 1.63. The van der Waals surface area contributed by atoms with Crippen LogP contribution in [0.2, 0.25) is 0 Å². The van der Waals surface area contributed by atoms with Crippen molar-refractivity contribution >= 4 is 22.7 Å². The summed E-state index contributed by atoms with van der Waals surface area (Å²) in [7, 11) is 1.83. The third-order valence-electron chi connectivity index (χ3n) is 2.50. The molecule has 2 rings (SSSR count). The molecule has 3 N–H and O–H groups in total. The van der Waals surface area contributed by atoms with Crippen LogP contribution in [0.3, 0.4) is 0 Å². The number of hydrogen-bond donors (Lipinski definition) is 2. The summed E-state index contributed by atoms with van der Waals surface area (Å²) in [5.74, 6) is 0.583. The van der Waals surface area contributed by atoms with E-state index in [0.717, 1.165) is 0 Å². The molecule has 0 saturated heterocycles. The number of likely N-dealkylation sites (N-methyl/N-ethyl adjacent to an activating group) is 1. The number of nitrogens with one attached hydrogen (secondary N) is 1. The molecule has 0 fully saturated rings. The zero-order valence-corrected chi connectivity index (χ0v) is 9.38. The molecule has 1 heterocycles. The molecule has 17 heavy (non-hydrogen) atoms. The van der Waals surface area contributed by atoms with E-state index >= 15 is 0 Å². The highest BCUT2D eigenvalue weighted by Crippen LogP contribution is 2.25. The number of aromatic nitrogens is 2. The smallest absolute Gasteiger partial charge is 0.297 e. The number of H-pyrrole nitrogens is 1. The Balaban J connectivity index is 2.50. The summed E-state index contributed by atoms with van der Waals surface area (Å²) in [4.78, 5) is 19.5. The first-order valence-electron chi connectivity index (χ1n) is 5.18. The summed E-state index contributed by atoms with van der Waals surface area (Å²) in [6.45, 7) is 1.13. The Labute approximate surface area is 97.4 Å². The van der Waals surface area contributed by atoms with Crippen molar-refractivity contribution in [2.75, 3.05) is 25.0 Å². The molecule has 0 unspecified atom stereocenters. The number of aromatic amines is 1. The van der Waals surface area contributed by atoms with E-state index in [-0.39, 0.29) is 5.69 Å². The van der Waals surface area contributed by atoms with Gasteiger partial charge >= 0.3 is 0 Å². The van der Waals surface area contributed by atoms with Gasteiger partial charge in [-0.1, -0.05) is 6.07 Å². The van der Waals surface area contributed by atoms with Crippen LogP contribution in [0.25, 0.3) is 11.0 Å². The quantitative estimate of drug-likeness (QED) is 0.604. The minimum atomic E-state index is -0.435. The topological polar surface area (TPSA) is 101 Å². The molecular weight excluding hydrogens is 222 g/mol. The molecule has 7 heteroatoms. The lowest BCUT2D eigenvalue weighted by atomic mass is 10.3. The number of benzene rings is 1. The number of fused-ring (bicyclic) bond motifs is 1. The van der Waals surface area contributed by atoms with E-state index in [1.807, 2.05) is 11.9 Å². The standard InChI is InChI=1S/C10H13N5O2/c1-14(6-5-11)10-12-7-3-2-4-8(15(16)17)9(7)13-10/h2-4H,5-6,11H2,1H3,(H,12,13). The van der Waals surface area contributed by atoms with Gasteiger partial charge in [0.25, 0.3) is 5.69 Å². The molecule has 0 radical (unpaired) electrons. The van der Waals surface area contributed by atoms with Gasteiger partial charge in [-0.3, -0.25) is 10.1 Å². The summed E-state index contributed by atoms with van der Waals surface area (Å²) in [6, 6.07) is 4.83. The van der Waals surface area contributed by atoms with Gasteiger partial charge in [-0.05, 0) is 6.07 Å². The van der Waals surface area contributed by atoms with Gasteiger partial charge in [0.2, 0.25) is 5.95 Å². The second-order valence-electron chi connectivity index (χ2n) is 3.70. The van der Waals surface area contributed by atoms with Gasteiger partial charge in [0, 0.05) is 26.2 Å². The van der Waals surface area contributed by atoms with Crippen LogP contribution >= 0.6 is 0 Å². The molecule has 1 aromatic carbocycles. The molecule has 0 amide bonds. The summed E-state index contributed by atoms with van der Waals surface area (Å²) < 4.78 is 0. The van der Waals surface area contributed by atoms with Gasteiger partial charge in [-0.15, -0.1) is 0 Å². The Bertz CT molecular complexity index is 551. The minimum Gasteiger partial charge on any atom is -0.344 e. The predicted molar refractivity (Wildman–Crippen MR) is 65.1 cm³/mol. The number of imidazole rings is 1. The van der Waals surface area contributed by atoms with Crippen LogP contribution in [0, 0.1) is 10.1 Å². The van der Waals surface area contributed by atoms with Crippen LogP contribution in [0.15, 0.2) is 18.2 Å². The van der Waals surface area contributed by atoms with Crippen molar-refractivity contribution in [3.05, 3.63) is 28.3 Å². The zero-order chi connectivity index (χ0) is 12.4. The molecule has 0 spiro atoms. The Kier molecular flexibility index (Phi) is 2.92. The van der Waals surface area contributed by atoms with Gasteiger partial charge in [0.05, 0.1) is 10.4 Å². The number of nitro groups is 1. The normalized spacial score (nSPS) is 10.7. The summed E-state index contributed by atoms with van der Waals surface area (Å²) in [6.07, 6.45) is 0. The fourth-order valence-electron chi connectivity index (χ4n) is 1.63. The van der Waals surface area contributed by atoms with Crippen molar-refractivity contribution in [3.8, 4) is 0 Å². The molecule has 7 nitrogen and oxygen atoms in total. The van der Waals surface area contributed by atoms with Gasteiger partial charge in [0.1, 0.15) is 0 Å². The van der Waals surface area contributed by atoms with Crippen LogP contribution in [-0.2, 0) is 0 Å². The highest BCUT2D eigenvalue weighted by Gasteiger charge is 2.16. The van der Waals surface area contributed by atoms with E-state index in [9.17, 15) is 10.1 Å². The molecule has 0 aliphatic carbocycles. The van der Waals surface area contributed by atoms with E-state index in [2.05, 4.69) is 9.97 Å². The Morgan fingerprint density at radius 3 is 3.00 bits per heavy atom. The van der Waals surface area contributed by atoms with E-state index in [1.54, 1.807) is 12.1 Å². The zero-order valence-electron chi connectivity index (χ0n) is 9.38. The number of nitrogens with zero attached hydrogens (tertiary/aromatic N) is 3. The molecular formula is C10H13N5O2. The number of para-hydroxylation sites is 1. The highest BCUT2D eigenvalue weighted by atomic mass is 16.6. The second-order valence-corrected chi connectivity index (χ2v) is 3.70. The van der Waals surface area contributed by atoms with E-state index in [4.69, 9.17) is 5.73 Å². The van der Waals surface area contributed by atoms with E-state index < -0.39 is 4.92 Å². The van der Waals surface area contributed by atoms with Gasteiger partial charge < -0.3 is 15.6 Å². The molecule has 1 aromatic heterocycles. The van der Waals surface area contributed by atoms with Crippen molar-refractivity contribution in [1.29, 1.82) is 0 Å². The number of rotatable bonds is 4. The Hall–Kier alpha value is -2.15. The van der Waals surface area contributed by atoms with E-state index in [1.165, 1.54) is 6.07 Å². The first-order valence-corrected chi connectivity index (χ1v) is 5.18. The number of anilines is 1. The molecule has 2 aromatic rings. The van der Waals surface area contributed by atoms with Crippen LogP contribution in [0.5, 0.6) is 0 Å². The lowest BCUT2D eigenvalue weighted by molar-refractivity contribution is -0.383. The van der Waals surface area contributed by atoms with Crippen molar-refractivity contribution in [3.63, 3.8) is 0 Å². The summed E-state index contributed by atoms with van der Waals surface area (Å²) in [5.41, 5.74) is 6.48. The van der Waals surface area contributed by atoms with Crippen LogP contribution in [0.1, 0.15) is 0 Å². The highest BCUT2D eigenvalue weighted by molar-refractivity contribution is 5.86. The molecule has 90 valence electrons. The van der Waals surface area contributed by atoms with Crippen molar-refractivity contribution in [2.45, 2.75) is 0 Å². The van der Waals surface area contributed by atoms with Crippen molar-refractivity contribution < 1.29 is 4.92 Å². The van der Waals surface area contributed by atoms with Crippen molar-refractivity contribution in [1.82, 2.24) is 9.97 Å². The third kappa shape index (κ3) is 2.04. The maximum absolute atomic E-state index is 10.8. The summed E-state index contributed by atoms with van der Waals surface area (Å²) >= 11 is 0. The fraction of sp³-hybridized carbons (Fsp3) is 0.300. The summed E-state index contributed by atoms with van der Waals surface area (Å²) in [5, 5.41) is 10.8. The first-order chi connectivity index (χ1) is 8.13. The van der Waals surface area contributed by atoms with Crippen LogP contribution < -0.4 is 10.6 Å². The predicted octanol–water partition coefficient (Wildman–Crippen LogP) is 0.866. The second kappa shape index (κ2) is 4.38. The molecule has 0 aliphatic heterocycles. The average molecular weight is 235 g/mol.